The largest absolute Gasteiger partial charge is 0.397 e. The van der Waals surface area contributed by atoms with Crippen molar-refractivity contribution in [1.82, 2.24) is 0 Å². The fraction of sp³-hybridized carbons (Fsp3) is 0. The van der Waals surface area contributed by atoms with Gasteiger partial charge in [-0.3, -0.25) is 10.8 Å². The Bertz CT molecular complexity index is 523. The van der Waals surface area contributed by atoms with E-state index in [0.29, 0.717) is 11.3 Å². The molecule has 0 fully saturated rings. The molecule has 0 heterocycles. The van der Waals surface area contributed by atoms with Crippen LogP contribution in [0.4, 0.5) is 0 Å². The maximum Gasteiger partial charge on any atom is 0.105 e. The first-order valence-electron chi connectivity index (χ1n) is 4.82. The number of hydrogen-bond acceptors (Lipinski definition) is 4. The lowest BCUT2D eigenvalue weighted by Crippen LogP contribution is -2.28. The van der Waals surface area contributed by atoms with Crippen molar-refractivity contribution in [2.45, 2.75) is 0 Å². The number of benzene rings is 1. The summed E-state index contributed by atoms with van der Waals surface area (Å²) in [6.45, 7) is 0. The molecule has 80 valence electrons. The Kier molecular flexibility index (Phi) is 2.32. The van der Waals surface area contributed by atoms with Crippen LogP contribution in [0.3, 0.4) is 0 Å². The third kappa shape index (κ3) is 1.50. The van der Waals surface area contributed by atoms with Gasteiger partial charge in [0.15, 0.2) is 0 Å². The fourth-order valence-electron chi connectivity index (χ4n) is 1.56. The summed E-state index contributed by atoms with van der Waals surface area (Å²) in [6.07, 6.45) is 1.64. The second-order valence-electron chi connectivity index (χ2n) is 3.54. The van der Waals surface area contributed by atoms with Gasteiger partial charge in [0.05, 0.1) is 17.1 Å². The predicted octanol–water partition coefficient (Wildman–Crippen LogP) is 1.25. The number of allylic oxidation sites excluding steroid dienone is 3. The van der Waals surface area contributed by atoms with Crippen molar-refractivity contribution in [2.24, 2.45) is 11.5 Å². The van der Waals surface area contributed by atoms with Crippen LogP contribution in [-0.2, 0) is 0 Å². The summed E-state index contributed by atoms with van der Waals surface area (Å²) in [7, 11) is 0. The van der Waals surface area contributed by atoms with Gasteiger partial charge >= 0.3 is 0 Å². The average molecular weight is 212 g/mol. The van der Waals surface area contributed by atoms with Crippen molar-refractivity contribution in [2.75, 3.05) is 0 Å². The zero-order valence-corrected chi connectivity index (χ0v) is 8.62. The fourth-order valence-corrected chi connectivity index (χ4v) is 1.56. The molecule has 0 amide bonds. The summed E-state index contributed by atoms with van der Waals surface area (Å²) in [5, 5.41) is 15.5. The number of rotatable bonds is 1. The Morgan fingerprint density at radius 1 is 0.875 bits per heavy atom. The van der Waals surface area contributed by atoms with E-state index in [9.17, 15) is 0 Å². The molecule has 0 aliphatic heterocycles. The summed E-state index contributed by atoms with van der Waals surface area (Å²) >= 11 is 0. The van der Waals surface area contributed by atoms with Gasteiger partial charge in [0.25, 0.3) is 0 Å². The van der Waals surface area contributed by atoms with E-state index in [4.69, 9.17) is 22.3 Å². The van der Waals surface area contributed by atoms with Gasteiger partial charge in [-0.05, 0) is 11.6 Å². The molecule has 0 spiro atoms. The lowest BCUT2D eigenvalue weighted by molar-refractivity contribution is 1.28. The first-order chi connectivity index (χ1) is 7.61. The van der Waals surface area contributed by atoms with Crippen LogP contribution in [-0.4, -0.2) is 11.4 Å². The second kappa shape index (κ2) is 3.66. The first-order valence-corrected chi connectivity index (χ1v) is 4.82. The van der Waals surface area contributed by atoms with E-state index in [0.717, 1.165) is 5.56 Å². The Morgan fingerprint density at radius 2 is 1.50 bits per heavy atom. The molecule has 2 rings (SSSR count). The van der Waals surface area contributed by atoms with E-state index >= 15 is 0 Å². The molecule has 0 saturated carbocycles. The van der Waals surface area contributed by atoms with E-state index < -0.39 is 0 Å². The highest BCUT2D eigenvalue weighted by atomic mass is 14.7. The van der Waals surface area contributed by atoms with Gasteiger partial charge in [0.1, 0.15) is 5.71 Å². The van der Waals surface area contributed by atoms with Crippen molar-refractivity contribution in [3.63, 3.8) is 0 Å². The van der Waals surface area contributed by atoms with E-state index in [1.807, 2.05) is 30.3 Å². The van der Waals surface area contributed by atoms with E-state index in [1.54, 1.807) is 6.08 Å². The van der Waals surface area contributed by atoms with Crippen LogP contribution in [0.2, 0.25) is 0 Å². The second-order valence-corrected chi connectivity index (χ2v) is 3.54. The molecule has 4 heteroatoms. The minimum absolute atomic E-state index is 0.0150. The minimum Gasteiger partial charge on any atom is -0.397 e. The van der Waals surface area contributed by atoms with Gasteiger partial charge in [-0.15, -0.1) is 0 Å². The van der Waals surface area contributed by atoms with Crippen LogP contribution >= 0.6 is 0 Å². The summed E-state index contributed by atoms with van der Waals surface area (Å²) in [4.78, 5) is 0. The molecule has 6 N–H and O–H groups in total. The Hall–Kier alpha value is -2.36. The molecule has 1 aromatic rings. The van der Waals surface area contributed by atoms with Crippen molar-refractivity contribution in [3.05, 3.63) is 53.4 Å². The highest BCUT2D eigenvalue weighted by Crippen LogP contribution is 2.22. The Balaban J connectivity index is 2.55. The van der Waals surface area contributed by atoms with Gasteiger partial charge in [0, 0.05) is 5.57 Å². The number of nitrogens with one attached hydrogen (secondary N) is 2. The maximum absolute atomic E-state index is 7.85. The lowest BCUT2D eigenvalue weighted by atomic mass is 9.91. The maximum atomic E-state index is 7.85. The molecule has 1 aromatic carbocycles. The van der Waals surface area contributed by atoms with Crippen molar-refractivity contribution < 1.29 is 0 Å². The molecule has 0 saturated heterocycles. The van der Waals surface area contributed by atoms with Crippen molar-refractivity contribution >= 4 is 17.0 Å². The van der Waals surface area contributed by atoms with Crippen LogP contribution in [0.25, 0.3) is 5.57 Å². The smallest absolute Gasteiger partial charge is 0.105 e. The number of hydrogen-bond donors (Lipinski definition) is 4. The van der Waals surface area contributed by atoms with Gasteiger partial charge < -0.3 is 11.5 Å². The molecule has 0 atom stereocenters. The van der Waals surface area contributed by atoms with Crippen LogP contribution in [0.1, 0.15) is 5.56 Å². The molecule has 0 unspecified atom stereocenters. The SMILES string of the molecule is N=C1C(=N)C(N)=C(N)C=C1c1ccccc1. The third-order valence-electron chi connectivity index (χ3n) is 2.48. The monoisotopic (exact) mass is 212 g/mol. The molecular weight excluding hydrogens is 200 g/mol. The molecule has 0 bridgehead atoms. The van der Waals surface area contributed by atoms with E-state index in [2.05, 4.69) is 0 Å². The predicted molar refractivity (Wildman–Crippen MR) is 65.3 cm³/mol. The quantitative estimate of drug-likeness (QED) is 0.527. The lowest BCUT2D eigenvalue weighted by Gasteiger charge is -2.17. The van der Waals surface area contributed by atoms with Gasteiger partial charge in [0.2, 0.25) is 0 Å². The molecule has 0 radical (unpaired) electrons. The first kappa shape index (κ1) is 10.2. The normalized spacial score (nSPS) is 16.4. The summed E-state index contributed by atoms with van der Waals surface area (Å²) in [5.41, 5.74) is 13.4. The van der Waals surface area contributed by atoms with Gasteiger partial charge in [-0.2, -0.15) is 0 Å². The zero-order chi connectivity index (χ0) is 11.7. The van der Waals surface area contributed by atoms with Gasteiger partial charge in [-0.1, -0.05) is 30.3 Å². The highest BCUT2D eigenvalue weighted by Gasteiger charge is 2.21. The average Bonchev–Trinajstić information content (AvgIpc) is 2.32. The van der Waals surface area contributed by atoms with Crippen LogP contribution in [0, 0.1) is 10.8 Å². The van der Waals surface area contributed by atoms with Crippen LogP contribution < -0.4 is 11.5 Å². The molecule has 1 aliphatic carbocycles. The molecule has 1 aliphatic rings. The van der Waals surface area contributed by atoms with Crippen molar-refractivity contribution in [3.8, 4) is 0 Å². The molecule has 16 heavy (non-hydrogen) atoms. The van der Waals surface area contributed by atoms with E-state index in [-0.39, 0.29) is 17.1 Å². The summed E-state index contributed by atoms with van der Waals surface area (Å²) in [6, 6.07) is 9.41. The molecule has 4 nitrogen and oxygen atoms in total. The van der Waals surface area contributed by atoms with E-state index in [1.165, 1.54) is 0 Å². The summed E-state index contributed by atoms with van der Waals surface area (Å²) < 4.78 is 0. The molecule has 0 aromatic heterocycles. The van der Waals surface area contributed by atoms with Crippen LogP contribution in [0.15, 0.2) is 47.8 Å². The minimum atomic E-state index is -0.0150. The third-order valence-corrected chi connectivity index (χ3v) is 2.48. The topological polar surface area (TPSA) is 99.7 Å². The Morgan fingerprint density at radius 3 is 2.12 bits per heavy atom. The highest BCUT2D eigenvalue weighted by molar-refractivity contribution is 6.61. The Labute approximate surface area is 93.3 Å². The standard InChI is InChI=1S/C12H12N4/c13-9-6-8(7-4-2-1-3-5-7)10(14)12(16)11(9)15/h1-6,14,16H,13,15H2. The molecular formula is C12H12N4. The zero-order valence-electron chi connectivity index (χ0n) is 8.62. The van der Waals surface area contributed by atoms with Crippen molar-refractivity contribution in [1.29, 1.82) is 10.8 Å². The van der Waals surface area contributed by atoms with Crippen LogP contribution in [0.5, 0.6) is 0 Å². The number of nitrogens with two attached hydrogens (primary N) is 2. The summed E-state index contributed by atoms with van der Waals surface area (Å²) in [5.74, 6) is 0. The van der Waals surface area contributed by atoms with Gasteiger partial charge in [-0.25, -0.2) is 0 Å².